The number of carbonyl (C=O) groups is 2. The van der Waals surface area contributed by atoms with Crippen molar-refractivity contribution in [2.45, 2.75) is 25.8 Å². The Bertz CT molecular complexity index is 1250. The number of likely N-dealkylation sites (N-methyl/N-ethyl adjacent to an activating group) is 1. The molecule has 1 aliphatic carbocycles. The van der Waals surface area contributed by atoms with E-state index in [0.29, 0.717) is 24.6 Å². The molecule has 1 N–H and O–H groups in total. The van der Waals surface area contributed by atoms with Crippen molar-refractivity contribution in [3.8, 4) is 11.8 Å². The van der Waals surface area contributed by atoms with E-state index in [1.54, 1.807) is 4.90 Å². The number of nitrogens with zero attached hydrogens (tertiary/aromatic N) is 2. The third-order valence-electron chi connectivity index (χ3n) is 6.67. The summed E-state index contributed by atoms with van der Waals surface area (Å²) in [5, 5.41) is 2.95. The van der Waals surface area contributed by atoms with Crippen molar-refractivity contribution in [2.75, 3.05) is 26.0 Å². The number of likely N-dealkylation sites (tertiary alicyclic amines) is 1. The van der Waals surface area contributed by atoms with Crippen molar-refractivity contribution < 1.29 is 9.59 Å². The molecule has 2 amide bonds. The van der Waals surface area contributed by atoms with E-state index >= 15 is 0 Å². The summed E-state index contributed by atoms with van der Waals surface area (Å²) < 4.78 is 0. The van der Waals surface area contributed by atoms with Crippen molar-refractivity contribution in [3.05, 3.63) is 102 Å². The van der Waals surface area contributed by atoms with Crippen LogP contribution in [0.2, 0.25) is 0 Å². The standard InChI is InChI=1S/C31H33N3O2/c1-22-18-19-34(29(35)21-25-8-6-5-7-9-25)30(22)31(36)32-27-15-11-24(12-16-27)10-13-26-14-17-28(33(3)4)20-23(26)2/h5-9,11-12,14-17,20,23,26,30H,1,18-19,21H2,2-4H3,(H,32,36)/t23?,26?,30-/m0/s1. The number of benzene rings is 2. The van der Waals surface area contributed by atoms with E-state index in [2.05, 4.69) is 53.8 Å². The van der Waals surface area contributed by atoms with Crippen LogP contribution in [0.1, 0.15) is 24.5 Å². The molecule has 0 saturated carbocycles. The maximum Gasteiger partial charge on any atom is 0.251 e. The summed E-state index contributed by atoms with van der Waals surface area (Å²) in [6.07, 6.45) is 7.41. The number of hydrogen-bond donors (Lipinski definition) is 1. The smallest absolute Gasteiger partial charge is 0.251 e. The minimum atomic E-state index is -0.652. The van der Waals surface area contributed by atoms with Gasteiger partial charge in [0.1, 0.15) is 6.04 Å². The molecule has 0 bridgehead atoms. The van der Waals surface area contributed by atoms with Gasteiger partial charge in [0.05, 0.1) is 6.42 Å². The van der Waals surface area contributed by atoms with Crippen LogP contribution in [-0.4, -0.2) is 48.3 Å². The maximum absolute atomic E-state index is 13.1. The van der Waals surface area contributed by atoms with Crippen molar-refractivity contribution >= 4 is 17.5 Å². The summed E-state index contributed by atoms with van der Waals surface area (Å²) in [4.78, 5) is 29.8. The molecule has 0 radical (unpaired) electrons. The molecule has 5 nitrogen and oxygen atoms in total. The molecule has 2 aliphatic rings. The zero-order valence-electron chi connectivity index (χ0n) is 21.2. The van der Waals surface area contributed by atoms with Gasteiger partial charge in [0.2, 0.25) is 5.91 Å². The number of hydrogen-bond acceptors (Lipinski definition) is 3. The minimum Gasteiger partial charge on any atom is -0.378 e. The molecule has 1 saturated heterocycles. The highest BCUT2D eigenvalue weighted by Gasteiger charge is 2.36. The highest BCUT2D eigenvalue weighted by atomic mass is 16.2. The molecule has 36 heavy (non-hydrogen) atoms. The predicted molar refractivity (Wildman–Crippen MR) is 145 cm³/mol. The first kappa shape index (κ1) is 25.1. The maximum atomic E-state index is 13.1. The molecule has 1 fully saturated rings. The lowest BCUT2D eigenvalue weighted by molar-refractivity contribution is -0.135. The average molecular weight is 480 g/mol. The molecule has 4 rings (SSSR count). The zero-order chi connectivity index (χ0) is 25.7. The average Bonchev–Trinajstić information content (AvgIpc) is 3.26. The fourth-order valence-electron chi connectivity index (χ4n) is 4.52. The highest BCUT2D eigenvalue weighted by molar-refractivity contribution is 6.00. The van der Waals surface area contributed by atoms with Crippen molar-refractivity contribution in [3.63, 3.8) is 0 Å². The molecular formula is C31H33N3O2. The van der Waals surface area contributed by atoms with Gasteiger partial charge in [-0.3, -0.25) is 9.59 Å². The summed E-state index contributed by atoms with van der Waals surface area (Å²) in [5.41, 5.74) is 4.46. The number of rotatable bonds is 5. The molecule has 1 heterocycles. The molecule has 184 valence electrons. The quantitative estimate of drug-likeness (QED) is 0.502. The monoisotopic (exact) mass is 479 g/mol. The molecule has 2 aromatic rings. The Morgan fingerprint density at radius 2 is 1.83 bits per heavy atom. The summed E-state index contributed by atoms with van der Waals surface area (Å²) in [6.45, 7) is 6.74. The van der Waals surface area contributed by atoms with E-state index in [1.165, 1.54) is 5.70 Å². The number of nitrogens with one attached hydrogen (secondary N) is 1. The topological polar surface area (TPSA) is 52.7 Å². The first-order chi connectivity index (χ1) is 17.3. The van der Waals surface area contributed by atoms with Crippen LogP contribution in [0.5, 0.6) is 0 Å². The number of allylic oxidation sites excluding steroid dienone is 3. The van der Waals surface area contributed by atoms with Crippen LogP contribution < -0.4 is 5.32 Å². The van der Waals surface area contributed by atoms with Crippen molar-refractivity contribution in [2.24, 2.45) is 11.8 Å². The van der Waals surface area contributed by atoms with E-state index < -0.39 is 6.04 Å². The molecule has 1 aliphatic heterocycles. The van der Waals surface area contributed by atoms with Gasteiger partial charge in [0.25, 0.3) is 5.91 Å². The van der Waals surface area contributed by atoms with Crippen LogP contribution in [0.25, 0.3) is 0 Å². The first-order valence-corrected chi connectivity index (χ1v) is 12.3. The van der Waals surface area contributed by atoms with Gasteiger partial charge in [-0.2, -0.15) is 0 Å². The van der Waals surface area contributed by atoms with Gasteiger partial charge < -0.3 is 15.1 Å². The predicted octanol–water partition coefficient (Wildman–Crippen LogP) is 4.64. The SMILES string of the molecule is C=C1CCN(C(=O)Cc2ccccc2)[C@@H]1C(=O)Nc1ccc(C#CC2C=CC(N(C)C)=CC2C)cc1. The molecular weight excluding hydrogens is 446 g/mol. The van der Waals surface area contributed by atoms with Crippen LogP contribution in [0.4, 0.5) is 5.69 Å². The van der Waals surface area contributed by atoms with Crippen LogP contribution in [0, 0.1) is 23.7 Å². The lowest BCUT2D eigenvalue weighted by Gasteiger charge is -2.24. The highest BCUT2D eigenvalue weighted by Crippen LogP contribution is 2.25. The number of carbonyl (C=O) groups excluding carboxylic acids is 2. The molecule has 0 aromatic heterocycles. The van der Waals surface area contributed by atoms with E-state index in [9.17, 15) is 9.59 Å². The fraction of sp³-hybridized carbons (Fsp3) is 0.290. The van der Waals surface area contributed by atoms with Crippen molar-refractivity contribution in [1.29, 1.82) is 0 Å². The second-order valence-corrected chi connectivity index (χ2v) is 9.63. The zero-order valence-corrected chi connectivity index (χ0v) is 21.2. The van der Waals surface area contributed by atoms with Gasteiger partial charge in [-0.15, -0.1) is 0 Å². The summed E-state index contributed by atoms with van der Waals surface area (Å²) in [5.74, 6) is 6.81. The third kappa shape index (κ3) is 5.95. The number of anilines is 1. The van der Waals surface area contributed by atoms with E-state index in [-0.39, 0.29) is 24.2 Å². The molecule has 3 atom stereocenters. The van der Waals surface area contributed by atoms with Crippen LogP contribution in [0.3, 0.4) is 0 Å². The molecule has 5 heteroatoms. The van der Waals surface area contributed by atoms with Crippen molar-refractivity contribution in [1.82, 2.24) is 9.80 Å². The Morgan fingerprint density at radius 3 is 2.50 bits per heavy atom. The van der Waals surface area contributed by atoms with Gasteiger partial charge in [0, 0.05) is 43.5 Å². The lowest BCUT2D eigenvalue weighted by Crippen LogP contribution is -2.44. The summed E-state index contributed by atoms with van der Waals surface area (Å²) in [7, 11) is 4.08. The van der Waals surface area contributed by atoms with E-state index in [4.69, 9.17) is 0 Å². The van der Waals surface area contributed by atoms with Crippen LogP contribution in [0.15, 0.2) is 90.7 Å². The van der Waals surface area contributed by atoms with Gasteiger partial charge in [-0.05, 0) is 53.8 Å². The largest absolute Gasteiger partial charge is 0.378 e. The third-order valence-corrected chi connectivity index (χ3v) is 6.67. The Kier molecular flexibility index (Phi) is 7.75. The Balaban J connectivity index is 1.37. The Hall–Kier alpha value is -4.04. The Morgan fingerprint density at radius 1 is 1.11 bits per heavy atom. The summed E-state index contributed by atoms with van der Waals surface area (Å²) in [6, 6.07) is 16.4. The normalized spacial score (nSPS) is 20.9. The number of amides is 2. The van der Waals surface area contributed by atoms with E-state index in [1.807, 2.05) is 68.7 Å². The molecule has 2 unspecified atom stereocenters. The second kappa shape index (κ2) is 11.1. The molecule has 2 aromatic carbocycles. The molecule has 0 spiro atoms. The van der Waals surface area contributed by atoms with Gasteiger partial charge in [-0.25, -0.2) is 0 Å². The fourth-order valence-corrected chi connectivity index (χ4v) is 4.52. The van der Waals surface area contributed by atoms with Crippen LogP contribution >= 0.6 is 0 Å². The van der Waals surface area contributed by atoms with Gasteiger partial charge in [-0.1, -0.05) is 67.8 Å². The van der Waals surface area contributed by atoms with E-state index in [0.717, 1.165) is 16.7 Å². The first-order valence-electron chi connectivity index (χ1n) is 12.3. The minimum absolute atomic E-state index is 0.0656. The van der Waals surface area contributed by atoms with Crippen LogP contribution in [-0.2, 0) is 16.0 Å². The second-order valence-electron chi connectivity index (χ2n) is 9.63. The lowest BCUT2D eigenvalue weighted by atomic mass is 9.89. The summed E-state index contributed by atoms with van der Waals surface area (Å²) >= 11 is 0. The van der Waals surface area contributed by atoms with Gasteiger partial charge in [0.15, 0.2) is 0 Å². The van der Waals surface area contributed by atoms with Gasteiger partial charge >= 0.3 is 0 Å². The Labute approximate surface area is 214 Å².